The van der Waals surface area contributed by atoms with E-state index in [0.717, 1.165) is 17.5 Å². The first-order chi connectivity index (χ1) is 10.4. The molecule has 0 fully saturated rings. The standard InChI is InChI=1S/C16H16ClNO3S/c17-14-7-3-4-8-15(14)22(20,21)18-11-16(19)10-9-12-5-1-2-6-13(12)16/h1-8,18-19H,9-11H2. The van der Waals surface area contributed by atoms with Crippen molar-refractivity contribution in [3.8, 4) is 0 Å². The fraction of sp³-hybridized carbons (Fsp3) is 0.250. The first kappa shape index (κ1) is 15.5. The van der Waals surface area contributed by atoms with Crippen LogP contribution in [0.1, 0.15) is 17.5 Å². The van der Waals surface area contributed by atoms with Crippen molar-refractivity contribution in [3.63, 3.8) is 0 Å². The van der Waals surface area contributed by atoms with E-state index in [0.29, 0.717) is 6.42 Å². The highest BCUT2D eigenvalue weighted by Gasteiger charge is 2.37. The van der Waals surface area contributed by atoms with Crippen LogP contribution in [0.25, 0.3) is 0 Å². The zero-order valence-electron chi connectivity index (χ0n) is 11.8. The van der Waals surface area contributed by atoms with Gasteiger partial charge in [0.1, 0.15) is 10.5 Å². The Balaban J connectivity index is 1.83. The third-order valence-corrected chi connectivity index (χ3v) is 5.91. The summed E-state index contributed by atoms with van der Waals surface area (Å²) in [5.41, 5.74) is 0.670. The Morgan fingerprint density at radius 2 is 1.82 bits per heavy atom. The van der Waals surface area contributed by atoms with Crippen LogP contribution in [0.15, 0.2) is 53.4 Å². The second-order valence-corrected chi connectivity index (χ2v) is 7.59. The van der Waals surface area contributed by atoms with Crippen molar-refractivity contribution in [1.82, 2.24) is 4.72 Å². The van der Waals surface area contributed by atoms with E-state index in [1.807, 2.05) is 24.3 Å². The number of aryl methyl sites for hydroxylation is 1. The van der Waals surface area contributed by atoms with Crippen LogP contribution >= 0.6 is 11.6 Å². The van der Waals surface area contributed by atoms with Gasteiger partial charge in [-0.15, -0.1) is 0 Å². The van der Waals surface area contributed by atoms with E-state index in [1.165, 1.54) is 12.1 Å². The van der Waals surface area contributed by atoms with Gasteiger partial charge in [0.2, 0.25) is 10.0 Å². The molecule has 0 aliphatic heterocycles. The van der Waals surface area contributed by atoms with Crippen molar-refractivity contribution in [2.45, 2.75) is 23.3 Å². The zero-order valence-corrected chi connectivity index (χ0v) is 13.4. The van der Waals surface area contributed by atoms with Crippen molar-refractivity contribution in [3.05, 3.63) is 64.7 Å². The minimum Gasteiger partial charge on any atom is -0.384 e. The fourth-order valence-corrected chi connectivity index (χ4v) is 4.41. The molecule has 2 aromatic carbocycles. The van der Waals surface area contributed by atoms with E-state index in [4.69, 9.17) is 11.6 Å². The minimum absolute atomic E-state index is 0.0200. The van der Waals surface area contributed by atoms with Gasteiger partial charge < -0.3 is 5.11 Å². The number of nitrogens with one attached hydrogen (secondary N) is 1. The lowest BCUT2D eigenvalue weighted by molar-refractivity contribution is 0.0442. The molecule has 2 N–H and O–H groups in total. The quantitative estimate of drug-likeness (QED) is 0.900. The number of rotatable bonds is 4. The molecule has 0 bridgehead atoms. The number of hydrogen-bond acceptors (Lipinski definition) is 3. The molecule has 22 heavy (non-hydrogen) atoms. The number of sulfonamides is 1. The van der Waals surface area contributed by atoms with E-state index < -0.39 is 15.6 Å². The third-order valence-electron chi connectivity index (χ3n) is 4.01. The Bertz CT molecular complexity index is 807. The van der Waals surface area contributed by atoms with E-state index in [2.05, 4.69) is 4.72 Å². The molecule has 0 saturated heterocycles. The molecule has 0 spiro atoms. The molecular formula is C16H16ClNO3S. The molecule has 1 aliphatic carbocycles. The summed E-state index contributed by atoms with van der Waals surface area (Å²) in [7, 11) is -3.76. The van der Waals surface area contributed by atoms with Crippen LogP contribution in [0.5, 0.6) is 0 Å². The predicted molar refractivity (Wildman–Crippen MR) is 85.3 cm³/mol. The maximum atomic E-state index is 12.4. The van der Waals surface area contributed by atoms with Crippen molar-refractivity contribution >= 4 is 21.6 Å². The Hall–Kier alpha value is -1.40. The maximum absolute atomic E-state index is 12.4. The van der Waals surface area contributed by atoms with E-state index >= 15 is 0 Å². The molecule has 0 heterocycles. The minimum atomic E-state index is -3.76. The van der Waals surface area contributed by atoms with E-state index in [-0.39, 0.29) is 16.5 Å². The van der Waals surface area contributed by atoms with Gasteiger partial charge in [-0.2, -0.15) is 0 Å². The highest BCUT2D eigenvalue weighted by atomic mass is 35.5. The van der Waals surface area contributed by atoms with E-state index in [9.17, 15) is 13.5 Å². The van der Waals surface area contributed by atoms with Gasteiger partial charge >= 0.3 is 0 Å². The topological polar surface area (TPSA) is 66.4 Å². The van der Waals surface area contributed by atoms with Crippen LogP contribution in [-0.2, 0) is 22.0 Å². The van der Waals surface area contributed by atoms with Crippen LogP contribution in [0.2, 0.25) is 5.02 Å². The highest BCUT2D eigenvalue weighted by molar-refractivity contribution is 7.89. The molecule has 0 amide bonds. The Morgan fingerprint density at radius 3 is 2.59 bits per heavy atom. The summed E-state index contributed by atoms with van der Waals surface area (Å²) >= 11 is 5.94. The second kappa shape index (κ2) is 5.66. The highest BCUT2D eigenvalue weighted by Crippen LogP contribution is 2.36. The van der Waals surface area contributed by atoms with Gasteiger partial charge in [0.15, 0.2) is 0 Å². The first-order valence-electron chi connectivity index (χ1n) is 6.97. The molecule has 2 aromatic rings. The third kappa shape index (κ3) is 2.77. The van der Waals surface area contributed by atoms with E-state index in [1.54, 1.807) is 12.1 Å². The Morgan fingerprint density at radius 1 is 1.14 bits per heavy atom. The van der Waals surface area contributed by atoms with Crippen molar-refractivity contribution in [2.75, 3.05) is 6.54 Å². The molecule has 0 radical (unpaired) electrons. The lowest BCUT2D eigenvalue weighted by atomic mass is 9.96. The monoisotopic (exact) mass is 337 g/mol. The Kier molecular flexibility index (Phi) is 3.99. The number of benzene rings is 2. The molecule has 1 atom stereocenters. The van der Waals surface area contributed by atoms with Gasteiger partial charge in [-0.3, -0.25) is 0 Å². The summed E-state index contributed by atoms with van der Waals surface area (Å²) in [5, 5.41) is 10.9. The van der Waals surface area contributed by atoms with Crippen LogP contribution in [-0.4, -0.2) is 20.1 Å². The number of halogens is 1. The molecule has 1 aliphatic rings. The average molecular weight is 338 g/mol. The SMILES string of the molecule is O=S(=O)(NCC1(O)CCc2ccccc21)c1ccccc1Cl. The molecular weight excluding hydrogens is 322 g/mol. The molecule has 3 rings (SSSR count). The largest absolute Gasteiger partial charge is 0.384 e. The summed E-state index contributed by atoms with van der Waals surface area (Å²) in [6.45, 7) is -0.0719. The smallest absolute Gasteiger partial charge is 0.242 e. The number of aliphatic hydroxyl groups is 1. The van der Waals surface area contributed by atoms with Gasteiger partial charge in [0.25, 0.3) is 0 Å². The van der Waals surface area contributed by atoms with Gasteiger partial charge in [0.05, 0.1) is 5.02 Å². The summed E-state index contributed by atoms with van der Waals surface area (Å²) in [5.74, 6) is 0. The van der Waals surface area contributed by atoms with Crippen molar-refractivity contribution in [1.29, 1.82) is 0 Å². The molecule has 1 unspecified atom stereocenters. The molecule has 0 saturated carbocycles. The molecule has 4 nitrogen and oxygen atoms in total. The summed E-state index contributed by atoms with van der Waals surface area (Å²) < 4.78 is 27.2. The normalized spacial score (nSPS) is 20.8. The average Bonchev–Trinajstić information content (AvgIpc) is 2.84. The van der Waals surface area contributed by atoms with Crippen LogP contribution in [0.4, 0.5) is 0 Å². The van der Waals surface area contributed by atoms with Gasteiger partial charge in [-0.1, -0.05) is 48.0 Å². The molecule has 0 aromatic heterocycles. The predicted octanol–water partition coefficient (Wildman–Crippen LogP) is 2.45. The summed E-state index contributed by atoms with van der Waals surface area (Å²) in [6, 6.07) is 13.8. The molecule has 116 valence electrons. The van der Waals surface area contributed by atoms with Crippen molar-refractivity contribution in [2.24, 2.45) is 0 Å². The lowest BCUT2D eigenvalue weighted by Crippen LogP contribution is -2.39. The fourth-order valence-electron chi connectivity index (χ4n) is 2.81. The Labute approximate surface area is 134 Å². The van der Waals surface area contributed by atoms with Gasteiger partial charge in [-0.25, -0.2) is 13.1 Å². The number of fused-ring (bicyclic) bond motifs is 1. The van der Waals surface area contributed by atoms with Crippen LogP contribution in [0, 0.1) is 0 Å². The van der Waals surface area contributed by atoms with Gasteiger partial charge in [0, 0.05) is 6.54 Å². The van der Waals surface area contributed by atoms with Crippen LogP contribution in [0.3, 0.4) is 0 Å². The van der Waals surface area contributed by atoms with Crippen LogP contribution < -0.4 is 4.72 Å². The zero-order chi connectivity index (χ0) is 15.8. The number of hydrogen-bond donors (Lipinski definition) is 2. The first-order valence-corrected chi connectivity index (χ1v) is 8.83. The summed E-state index contributed by atoms with van der Waals surface area (Å²) in [6.07, 6.45) is 1.23. The summed E-state index contributed by atoms with van der Waals surface area (Å²) in [4.78, 5) is 0.0200. The lowest BCUT2D eigenvalue weighted by Gasteiger charge is -2.24. The second-order valence-electron chi connectivity index (χ2n) is 5.44. The molecule has 6 heteroatoms. The van der Waals surface area contributed by atoms with Crippen molar-refractivity contribution < 1.29 is 13.5 Å². The van der Waals surface area contributed by atoms with Gasteiger partial charge in [-0.05, 0) is 36.1 Å². The maximum Gasteiger partial charge on any atom is 0.242 e.